The fourth-order valence-corrected chi connectivity index (χ4v) is 4.24. The maximum atomic E-state index is 11.1. The van der Waals surface area contributed by atoms with Gasteiger partial charge in [-0.05, 0) is 42.2 Å². The van der Waals surface area contributed by atoms with Crippen molar-refractivity contribution in [2.24, 2.45) is 0 Å². The molecular formula is C25H27N3O5. The molecule has 1 atom stereocenters. The lowest BCUT2D eigenvalue weighted by atomic mass is 9.93. The molecule has 2 heterocycles. The number of nitrogens with one attached hydrogen (secondary N) is 1. The summed E-state index contributed by atoms with van der Waals surface area (Å²) in [6, 6.07) is 10.3. The molecule has 0 amide bonds. The van der Waals surface area contributed by atoms with Gasteiger partial charge >= 0.3 is 12.0 Å². The number of aryl methyl sites for hydroxylation is 1. The molecule has 0 bridgehead atoms. The largest absolute Gasteiger partial charge is 0.493 e. The molecule has 1 aliphatic rings. The van der Waals surface area contributed by atoms with Crippen LogP contribution in [0.25, 0.3) is 11.1 Å². The molecule has 0 fully saturated rings. The zero-order chi connectivity index (χ0) is 23.5. The predicted molar refractivity (Wildman–Crippen MR) is 124 cm³/mol. The van der Waals surface area contributed by atoms with Crippen LogP contribution in [0.5, 0.6) is 17.6 Å². The van der Waals surface area contributed by atoms with E-state index in [-0.39, 0.29) is 18.3 Å². The predicted octanol–water partition coefficient (Wildman–Crippen LogP) is 4.34. The lowest BCUT2D eigenvalue weighted by Gasteiger charge is -2.17. The van der Waals surface area contributed by atoms with Gasteiger partial charge in [0, 0.05) is 36.0 Å². The van der Waals surface area contributed by atoms with E-state index in [2.05, 4.69) is 41.3 Å². The standard InChI is InChI=1S/C25H27N3O5/c1-14-5-6-16(15(2)23(14)20-12-27-25(32-4)28-24(20)31-3)11-26-18-7-8-19-17(9-22(29)30)13-33-21(19)10-18/h5-8,10,12,17,26H,9,11,13H2,1-4H3,(H,29,30). The number of carbonyl (C=O) groups is 1. The van der Waals surface area contributed by atoms with Gasteiger partial charge < -0.3 is 24.6 Å². The van der Waals surface area contributed by atoms with Crippen molar-refractivity contribution in [2.45, 2.75) is 32.7 Å². The van der Waals surface area contributed by atoms with Gasteiger partial charge in [0.2, 0.25) is 5.88 Å². The van der Waals surface area contributed by atoms with E-state index in [0.717, 1.165) is 44.8 Å². The Morgan fingerprint density at radius 1 is 1.21 bits per heavy atom. The van der Waals surface area contributed by atoms with Crippen molar-refractivity contribution in [2.75, 3.05) is 26.1 Å². The van der Waals surface area contributed by atoms with Crippen LogP contribution in [0, 0.1) is 13.8 Å². The molecule has 2 aromatic carbocycles. The lowest BCUT2D eigenvalue weighted by molar-refractivity contribution is -0.137. The van der Waals surface area contributed by atoms with Gasteiger partial charge in [0.25, 0.3) is 0 Å². The molecule has 8 nitrogen and oxygen atoms in total. The lowest BCUT2D eigenvalue weighted by Crippen LogP contribution is -2.07. The van der Waals surface area contributed by atoms with Crippen LogP contribution < -0.4 is 19.5 Å². The number of benzene rings is 2. The summed E-state index contributed by atoms with van der Waals surface area (Å²) in [5, 5.41) is 12.5. The zero-order valence-electron chi connectivity index (χ0n) is 19.1. The van der Waals surface area contributed by atoms with Crippen molar-refractivity contribution in [1.82, 2.24) is 9.97 Å². The number of methoxy groups -OCH3 is 2. The van der Waals surface area contributed by atoms with Gasteiger partial charge in [0.1, 0.15) is 5.75 Å². The quantitative estimate of drug-likeness (QED) is 0.524. The van der Waals surface area contributed by atoms with Crippen LogP contribution in [0.4, 0.5) is 5.69 Å². The highest BCUT2D eigenvalue weighted by Crippen LogP contribution is 2.38. The molecule has 0 aliphatic carbocycles. The molecular weight excluding hydrogens is 422 g/mol. The van der Waals surface area contributed by atoms with Crippen molar-refractivity contribution in [1.29, 1.82) is 0 Å². The first kappa shape index (κ1) is 22.4. The molecule has 3 aromatic rings. The Morgan fingerprint density at radius 2 is 2.03 bits per heavy atom. The summed E-state index contributed by atoms with van der Waals surface area (Å²) >= 11 is 0. The van der Waals surface area contributed by atoms with Gasteiger partial charge in [0.15, 0.2) is 0 Å². The number of aliphatic carboxylic acids is 1. The molecule has 8 heteroatoms. The van der Waals surface area contributed by atoms with Gasteiger partial charge in [-0.2, -0.15) is 4.98 Å². The fraction of sp³-hybridized carbons (Fsp3) is 0.320. The number of carboxylic acids is 1. The van der Waals surface area contributed by atoms with Crippen LogP contribution in [0.1, 0.15) is 34.6 Å². The first-order valence-electron chi connectivity index (χ1n) is 10.7. The van der Waals surface area contributed by atoms with Crippen LogP contribution in [0.2, 0.25) is 0 Å². The van der Waals surface area contributed by atoms with Crippen LogP contribution >= 0.6 is 0 Å². The van der Waals surface area contributed by atoms with Crippen LogP contribution in [0.3, 0.4) is 0 Å². The van der Waals surface area contributed by atoms with Crippen molar-refractivity contribution in [3.05, 3.63) is 58.8 Å². The maximum Gasteiger partial charge on any atom is 0.319 e. The Labute approximate surface area is 192 Å². The fourth-order valence-electron chi connectivity index (χ4n) is 4.24. The first-order chi connectivity index (χ1) is 15.9. The van der Waals surface area contributed by atoms with Crippen LogP contribution in [0.15, 0.2) is 36.5 Å². The minimum atomic E-state index is -0.816. The summed E-state index contributed by atoms with van der Waals surface area (Å²) in [7, 11) is 3.10. The average Bonchev–Trinajstić information content (AvgIpc) is 3.20. The minimum Gasteiger partial charge on any atom is -0.493 e. The van der Waals surface area contributed by atoms with E-state index in [0.29, 0.717) is 19.0 Å². The number of aromatic nitrogens is 2. The second-order valence-electron chi connectivity index (χ2n) is 8.03. The number of rotatable bonds is 8. The number of hydrogen-bond acceptors (Lipinski definition) is 7. The van der Waals surface area contributed by atoms with E-state index in [4.69, 9.17) is 19.3 Å². The van der Waals surface area contributed by atoms with E-state index in [1.807, 2.05) is 18.2 Å². The minimum absolute atomic E-state index is 0.0731. The molecule has 0 spiro atoms. The molecule has 0 saturated carbocycles. The Balaban J connectivity index is 1.57. The molecule has 0 saturated heterocycles. The van der Waals surface area contributed by atoms with Gasteiger partial charge in [-0.3, -0.25) is 4.79 Å². The molecule has 1 aliphatic heterocycles. The highest BCUT2D eigenvalue weighted by molar-refractivity contribution is 5.75. The van der Waals surface area contributed by atoms with E-state index < -0.39 is 5.97 Å². The Hall–Kier alpha value is -3.81. The maximum absolute atomic E-state index is 11.1. The zero-order valence-corrected chi connectivity index (χ0v) is 19.1. The second-order valence-corrected chi connectivity index (χ2v) is 8.03. The summed E-state index contributed by atoms with van der Waals surface area (Å²) in [6.07, 6.45) is 1.80. The SMILES string of the molecule is COc1ncc(-c2c(C)ccc(CNc3ccc4c(c3)OCC4CC(=O)O)c2C)c(OC)n1. The number of anilines is 1. The number of nitrogens with zero attached hydrogens (tertiary/aromatic N) is 2. The number of hydrogen-bond donors (Lipinski definition) is 2. The van der Waals surface area contributed by atoms with Gasteiger partial charge in [0.05, 0.1) is 32.8 Å². The molecule has 2 N–H and O–H groups in total. The van der Waals surface area contributed by atoms with E-state index >= 15 is 0 Å². The average molecular weight is 450 g/mol. The van der Waals surface area contributed by atoms with E-state index in [1.54, 1.807) is 13.3 Å². The summed E-state index contributed by atoms with van der Waals surface area (Å²) in [4.78, 5) is 19.7. The summed E-state index contributed by atoms with van der Waals surface area (Å²) in [5.74, 6) is 0.288. The van der Waals surface area contributed by atoms with Crippen LogP contribution in [-0.2, 0) is 11.3 Å². The van der Waals surface area contributed by atoms with Crippen LogP contribution in [-0.4, -0.2) is 41.9 Å². The molecule has 172 valence electrons. The van der Waals surface area contributed by atoms with Crippen molar-refractivity contribution in [3.8, 4) is 28.8 Å². The number of ether oxygens (including phenoxy) is 3. The molecule has 1 aromatic heterocycles. The highest BCUT2D eigenvalue weighted by Gasteiger charge is 2.26. The monoisotopic (exact) mass is 449 g/mol. The Bertz CT molecular complexity index is 1190. The number of carboxylic acid groups (broad SMARTS) is 1. The topological polar surface area (TPSA) is 103 Å². The number of fused-ring (bicyclic) bond motifs is 1. The van der Waals surface area contributed by atoms with Crippen molar-refractivity contribution >= 4 is 11.7 Å². The molecule has 0 radical (unpaired) electrons. The van der Waals surface area contributed by atoms with Gasteiger partial charge in [-0.15, -0.1) is 0 Å². The summed E-state index contributed by atoms with van der Waals surface area (Å²) in [5.41, 5.74) is 7.03. The third-order valence-electron chi connectivity index (χ3n) is 5.96. The molecule has 1 unspecified atom stereocenters. The second kappa shape index (κ2) is 9.36. The van der Waals surface area contributed by atoms with Crippen molar-refractivity contribution < 1.29 is 24.1 Å². The summed E-state index contributed by atoms with van der Waals surface area (Å²) < 4.78 is 16.3. The smallest absolute Gasteiger partial charge is 0.319 e. The van der Waals surface area contributed by atoms with Gasteiger partial charge in [-0.1, -0.05) is 18.2 Å². The van der Waals surface area contributed by atoms with Gasteiger partial charge in [-0.25, -0.2) is 4.98 Å². The Morgan fingerprint density at radius 3 is 2.76 bits per heavy atom. The Kier molecular flexibility index (Phi) is 6.35. The molecule has 33 heavy (non-hydrogen) atoms. The first-order valence-corrected chi connectivity index (χ1v) is 10.7. The highest BCUT2D eigenvalue weighted by atomic mass is 16.5. The van der Waals surface area contributed by atoms with E-state index in [1.165, 1.54) is 7.11 Å². The summed E-state index contributed by atoms with van der Waals surface area (Å²) in [6.45, 7) is 5.13. The molecule has 4 rings (SSSR count). The van der Waals surface area contributed by atoms with E-state index in [9.17, 15) is 4.79 Å². The third-order valence-corrected chi connectivity index (χ3v) is 5.96. The van der Waals surface area contributed by atoms with Crippen molar-refractivity contribution in [3.63, 3.8) is 0 Å². The normalized spacial score (nSPS) is 14.4. The third kappa shape index (κ3) is 4.55.